The highest BCUT2D eigenvalue weighted by Crippen LogP contribution is 2.14. The molecule has 0 spiro atoms. The first-order valence-electron chi connectivity index (χ1n) is 8.79. The number of ether oxygens (including phenoxy) is 1. The van der Waals surface area contributed by atoms with Crippen molar-refractivity contribution in [2.45, 2.75) is 20.5 Å². The van der Waals surface area contributed by atoms with Crippen molar-refractivity contribution in [3.8, 4) is 5.75 Å². The number of amides is 1. The molecule has 0 bridgehead atoms. The third kappa shape index (κ3) is 5.28. The molecule has 0 radical (unpaired) electrons. The van der Waals surface area contributed by atoms with Gasteiger partial charge in [0.1, 0.15) is 12.4 Å². The molecular weight excluding hydrogens is 336 g/mol. The summed E-state index contributed by atoms with van der Waals surface area (Å²) in [5.41, 5.74) is 7.47. The Hall–Kier alpha value is -3.40. The van der Waals surface area contributed by atoms with E-state index in [4.69, 9.17) is 4.74 Å². The molecule has 4 nitrogen and oxygen atoms in total. The van der Waals surface area contributed by atoms with Gasteiger partial charge in [0.2, 0.25) is 0 Å². The molecule has 0 unspecified atom stereocenters. The van der Waals surface area contributed by atoms with Crippen LogP contribution in [0, 0.1) is 13.8 Å². The van der Waals surface area contributed by atoms with Crippen molar-refractivity contribution in [3.05, 3.63) is 101 Å². The summed E-state index contributed by atoms with van der Waals surface area (Å²) < 4.78 is 5.73. The Morgan fingerprint density at radius 2 is 1.74 bits per heavy atom. The van der Waals surface area contributed by atoms with E-state index in [0.29, 0.717) is 17.9 Å². The van der Waals surface area contributed by atoms with Gasteiger partial charge in [-0.25, -0.2) is 5.43 Å². The van der Waals surface area contributed by atoms with Gasteiger partial charge in [-0.2, -0.15) is 5.10 Å². The number of benzene rings is 3. The van der Waals surface area contributed by atoms with E-state index in [1.54, 1.807) is 30.5 Å². The summed E-state index contributed by atoms with van der Waals surface area (Å²) in [4.78, 5) is 12.2. The third-order valence-corrected chi connectivity index (χ3v) is 4.16. The van der Waals surface area contributed by atoms with E-state index < -0.39 is 0 Å². The first-order valence-corrected chi connectivity index (χ1v) is 8.79. The van der Waals surface area contributed by atoms with Gasteiger partial charge in [0, 0.05) is 5.56 Å². The SMILES string of the molecule is Cc1ccc(/C=N/NC(=O)c2ccc(OCc3ccccc3)cc2)c(C)c1. The summed E-state index contributed by atoms with van der Waals surface area (Å²) in [5, 5.41) is 4.05. The minimum atomic E-state index is -0.259. The normalized spacial score (nSPS) is 10.7. The molecule has 3 aromatic carbocycles. The van der Waals surface area contributed by atoms with E-state index >= 15 is 0 Å². The minimum Gasteiger partial charge on any atom is -0.489 e. The molecule has 3 rings (SSSR count). The summed E-state index contributed by atoms with van der Waals surface area (Å²) in [6.45, 7) is 4.56. The number of nitrogens with zero attached hydrogens (tertiary/aromatic N) is 1. The van der Waals surface area contributed by atoms with Crippen LogP contribution in [0.15, 0.2) is 77.9 Å². The van der Waals surface area contributed by atoms with Crippen molar-refractivity contribution in [1.82, 2.24) is 5.43 Å². The summed E-state index contributed by atoms with van der Waals surface area (Å²) in [6, 6.07) is 23.0. The third-order valence-electron chi connectivity index (χ3n) is 4.16. The largest absolute Gasteiger partial charge is 0.489 e. The van der Waals surface area contributed by atoms with E-state index in [0.717, 1.165) is 16.7 Å². The number of hydrazone groups is 1. The van der Waals surface area contributed by atoms with Gasteiger partial charge in [-0.1, -0.05) is 54.1 Å². The fraction of sp³-hybridized carbons (Fsp3) is 0.130. The van der Waals surface area contributed by atoms with Crippen LogP contribution >= 0.6 is 0 Å². The van der Waals surface area contributed by atoms with E-state index in [2.05, 4.69) is 16.6 Å². The zero-order chi connectivity index (χ0) is 19.1. The molecule has 0 aromatic heterocycles. The molecule has 1 amide bonds. The van der Waals surface area contributed by atoms with Gasteiger partial charge >= 0.3 is 0 Å². The maximum Gasteiger partial charge on any atom is 0.271 e. The van der Waals surface area contributed by atoms with E-state index in [9.17, 15) is 4.79 Å². The molecule has 4 heteroatoms. The second-order valence-electron chi connectivity index (χ2n) is 6.36. The Morgan fingerprint density at radius 3 is 2.44 bits per heavy atom. The molecule has 0 atom stereocenters. The van der Waals surface area contributed by atoms with Crippen molar-refractivity contribution in [1.29, 1.82) is 0 Å². The van der Waals surface area contributed by atoms with Crippen LogP contribution < -0.4 is 10.2 Å². The average Bonchev–Trinajstić information content (AvgIpc) is 2.69. The summed E-state index contributed by atoms with van der Waals surface area (Å²) in [6.07, 6.45) is 1.66. The van der Waals surface area contributed by atoms with Crippen molar-refractivity contribution in [2.24, 2.45) is 5.10 Å². The number of hydrogen-bond acceptors (Lipinski definition) is 3. The summed E-state index contributed by atoms with van der Waals surface area (Å²) in [5.74, 6) is 0.458. The molecule has 1 N–H and O–H groups in total. The maximum absolute atomic E-state index is 12.2. The Kier molecular flexibility index (Phi) is 6.00. The number of nitrogens with one attached hydrogen (secondary N) is 1. The minimum absolute atomic E-state index is 0.259. The fourth-order valence-corrected chi connectivity index (χ4v) is 2.64. The number of rotatable bonds is 6. The standard InChI is InChI=1S/C23H22N2O2/c1-17-8-9-21(18(2)14-17)15-24-25-23(26)20-10-12-22(13-11-20)27-16-19-6-4-3-5-7-19/h3-15H,16H2,1-2H3,(H,25,26)/b24-15+. The maximum atomic E-state index is 12.2. The quantitative estimate of drug-likeness (QED) is 0.515. The second-order valence-corrected chi connectivity index (χ2v) is 6.36. The van der Waals surface area contributed by atoms with Gasteiger partial charge in [-0.3, -0.25) is 4.79 Å². The Morgan fingerprint density at radius 1 is 1.00 bits per heavy atom. The molecule has 27 heavy (non-hydrogen) atoms. The number of aryl methyl sites for hydroxylation is 2. The Balaban J connectivity index is 1.54. The van der Waals surface area contributed by atoms with Crippen LogP contribution in [-0.2, 0) is 6.61 Å². The topological polar surface area (TPSA) is 50.7 Å². The van der Waals surface area contributed by atoms with Crippen LogP contribution in [-0.4, -0.2) is 12.1 Å². The zero-order valence-electron chi connectivity index (χ0n) is 15.5. The molecule has 0 aliphatic rings. The fourth-order valence-electron chi connectivity index (χ4n) is 2.64. The van der Waals surface area contributed by atoms with Crippen LogP contribution in [0.25, 0.3) is 0 Å². The lowest BCUT2D eigenvalue weighted by atomic mass is 10.1. The molecule has 0 saturated heterocycles. The molecule has 0 aliphatic heterocycles. The smallest absolute Gasteiger partial charge is 0.271 e. The Bertz CT molecular complexity index is 932. The van der Waals surface area contributed by atoms with E-state index in [1.165, 1.54) is 5.56 Å². The van der Waals surface area contributed by atoms with Gasteiger partial charge in [-0.05, 0) is 54.8 Å². The highest BCUT2D eigenvalue weighted by Gasteiger charge is 2.05. The van der Waals surface area contributed by atoms with Crippen LogP contribution in [0.3, 0.4) is 0 Å². The first-order chi connectivity index (χ1) is 13.1. The Labute approximate surface area is 159 Å². The van der Waals surface area contributed by atoms with Crippen molar-refractivity contribution in [2.75, 3.05) is 0 Å². The van der Waals surface area contributed by atoms with E-state index in [1.807, 2.05) is 56.3 Å². The second kappa shape index (κ2) is 8.81. The highest BCUT2D eigenvalue weighted by molar-refractivity contribution is 5.95. The van der Waals surface area contributed by atoms with Gasteiger partial charge < -0.3 is 4.74 Å². The monoisotopic (exact) mass is 358 g/mol. The van der Waals surface area contributed by atoms with Crippen LogP contribution in [0.4, 0.5) is 0 Å². The summed E-state index contributed by atoms with van der Waals surface area (Å²) >= 11 is 0. The zero-order valence-corrected chi connectivity index (χ0v) is 15.5. The lowest BCUT2D eigenvalue weighted by Gasteiger charge is -2.07. The summed E-state index contributed by atoms with van der Waals surface area (Å²) in [7, 11) is 0. The molecule has 0 aliphatic carbocycles. The van der Waals surface area contributed by atoms with Gasteiger partial charge in [-0.15, -0.1) is 0 Å². The molecule has 0 heterocycles. The van der Waals surface area contributed by atoms with Crippen LogP contribution in [0.2, 0.25) is 0 Å². The molecule has 136 valence electrons. The first kappa shape index (κ1) is 18.4. The average molecular weight is 358 g/mol. The van der Waals surface area contributed by atoms with Gasteiger partial charge in [0.05, 0.1) is 6.21 Å². The lowest BCUT2D eigenvalue weighted by Crippen LogP contribution is -2.17. The predicted molar refractivity (Wildman–Crippen MR) is 108 cm³/mol. The van der Waals surface area contributed by atoms with Crippen LogP contribution in [0.1, 0.15) is 32.6 Å². The van der Waals surface area contributed by atoms with Gasteiger partial charge in [0.25, 0.3) is 5.91 Å². The van der Waals surface area contributed by atoms with Crippen LogP contribution in [0.5, 0.6) is 5.75 Å². The molecule has 0 fully saturated rings. The van der Waals surface area contributed by atoms with Crippen molar-refractivity contribution >= 4 is 12.1 Å². The molecular formula is C23H22N2O2. The molecule has 0 saturated carbocycles. The number of carbonyl (C=O) groups excluding carboxylic acids is 1. The van der Waals surface area contributed by atoms with Crippen molar-refractivity contribution < 1.29 is 9.53 Å². The highest BCUT2D eigenvalue weighted by atomic mass is 16.5. The molecule has 3 aromatic rings. The number of hydrogen-bond donors (Lipinski definition) is 1. The number of carbonyl (C=O) groups is 1. The van der Waals surface area contributed by atoms with E-state index in [-0.39, 0.29) is 5.91 Å². The lowest BCUT2D eigenvalue weighted by molar-refractivity contribution is 0.0955. The van der Waals surface area contributed by atoms with Crippen molar-refractivity contribution in [3.63, 3.8) is 0 Å². The predicted octanol–water partition coefficient (Wildman–Crippen LogP) is 4.65. The van der Waals surface area contributed by atoms with Gasteiger partial charge in [0.15, 0.2) is 0 Å².